The first-order chi connectivity index (χ1) is 8.00. The largest absolute Gasteiger partial charge is 0.396 e. The zero-order valence-electron chi connectivity index (χ0n) is 8.88. The van der Waals surface area contributed by atoms with Crippen LogP contribution >= 0.6 is 24.0 Å². The molecule has 2 aromatic carbocycles. The van der Waals surface area contributed by atoms with Gasteiger partial charge in [-0.3, -0.25) is 0 Å². The van der Waals surface area contributed by atoms with Gasteiger partial charge in [0.25, 0.3) is 0 Å². The lowest BCUT2D eigenvalue weighted by atomic mass is 10.0. The van der Waals surface area contributed by atoms with E-state index in [4.69, 9.17) is 17.3 Å². The van der Waals surface area contributed by atoms with Crippen molar-refractivity contribution in [3.63, 3.8) is 0 Å². The molecular weight excluding hydrogens is 286 g/mol. The third kappa shape index (κ3) is 2.54. The van der Waals surface area contributed by atoms with Crippen LogP contribution in [0.15, 0.2) is 30.3 Å². The Morgan fingerprint density at radius 2 is 1.56 bits per heavy atom. The van der Waals surface area contributed by atoms with Crippen LogP contribution < -0.4 is 5.73 Å². The van der Waals surface area contributed by atoms with Gasteiger partial charge in [-0.2, -0.15) is 0 Å². The van der Waals surface area contributed by atoms with Crippen LogP contribution in [0.1, 0.15) is 0 Å². The second-order valence-corrected chi connectivity index (χ2v) is 3.86. The highest BCUT2D eigenvalue weighted by atomic mass is 35.5. The molecule has 0 heterocycles. The molecule has 0 aliphatic heterocycles. The van der Waals surface area contributed by atoms with E-state index >= 15 is 0 Å². The summed E-state index contributed by atoms with van der Waals surface area (Å²) in [6, 6.07) is 5.91. The predicted molar refractivity (Wildman–Crippen MR) is 68.4 cm³/mol. The minimum Gasteiger partial charge on any atom is -0.396 e. The number of hydrogen-bond acceptors (Lipinski definition) is 1. The zero-order chi connectivity index (χ0) is 12.6. The lowest BCUT2D eigenvalue weighted by Gasteiger charge is -2.08. The van der Waals surface area contributed by atoms with Gasteiger partial charge < -0.3 is 5.73 Å². The summed E-state index contributed by atoms with van der Waals surface area (Å²) in [7, 11) is 0. The van der Waals surface area contributed by atoms with Gasteiger partial charge >= 0.3 is 0 Å². The maximum atomic E-state index is 13.7. The number of halogens is 5. The van der Waals surface area contributed by atoms with E-state index in [9.17, 15) is 13.2 Å². The van der Waals surface area contributed by atoms with E-state index in [1.165, 1.54) is 18.2 Å². The van der Waals surface area contributed by atoms with Crippen LogP contribution in [-0.2, 0) is 0 Å². The predicted octanol–water partition coefficient (Wildman–Crippen LogP) is 4.43. The average Bonchev–Trinajstić information content (AvgIpc) is 2.28. The fraction of sp³-hybridized carbons (Fsp3) is 0. The molecule has 1 nitrogen and oxygen atoms in total. The summed E-state index contributed by atoms with van der Waals surface area (Å²) in [4.78, 5) is 0. The van der Waals surface area contributed by atoms with Crippen LogP contribution in [-0.4, -0.2) is 0 Å². The van der Waals surface area contributed by atoms with Gasteiger partial charge in [-0.25, -0.2) is 13.2 Å². The van der Waals surface area contributed by atoms with Crippen molar-refractivity contribution in [2.24, 2.45) is 0 Å². The summed E-state index contributed by atoms with van der Waals surface area (Å²) in [6.45, 7) is 0. The molecule has 0 aromatic heterocycles. The highest BCUT2D eigenvalue weighted by Crippen LogP contribution is 2.33. The second kappa shape index (κ2) is 5.50. The van der Waals surface area contributed by atoms with Crippen LogP contribution in [0.4, 0.5) is 18.9 Å². The van der Waals surface area contributed by atoms with Crippen molar-refractivity contribution in [1.82, 2.24) is 0 Å². The van der Waals surface area contributed by atoms with E-state index in [0.29, 0.717) is 0 Å². The van der Waals surface area contributed by atoms with Gasteiger partial charge in [-0.15, -0.1) is 12.4 Å². The molecular formula is C12H8Cl2F3N. The number of nitrogen functional groups attached to an aromatic ring is 1. The van der Waals surface area contributed by atoms with E-state index in [1.54, 1.807) is 0 Å². The molecule has 0 radical (unpaired) electrons. The van der Waals surface area contributed by atoms with Crippen LogP contribution in [0.3, 0.4) is 0 Å². The van der Waals surface area contributed by atoms with Crippen LogP contribution in [0.5, 0.6) is 0 Å². The summed E-state index contributed by atoms with van der Waals surface area (Å²) in [6.07, 6.45) is 0. The van der Waals surface area contributed by atoms with Gasteiger partial charge in [-0.05, 0) is 18.2 Å². The first-order valence-corrected chi connectivity index (χ1v) is 5.07. The van der Waals surface area contributed by atoms with Crippen molar-refractivity contribution in [3.05, 3.63) is 52.8 Å². The SMILES string of the molecule is Cl.Nc1cccc(-c2cc(F)c(F)cc2Cl)c1F. The van der Waals surface area contributed by atoms with E-state index < -0.39 is 17.5 Å². The third-order valence-corrected chi connectivity index (χ3v) is 2.64. The topological polar surface area (TPSA) is 26.0 Å². The average molecular weight is 294 g/mol. The molecule has 0 atom stereocenters. The molecule has 2 rings (SSSR count). The summed E-state index contributed by atoms with van der Waals surface area (Å²) in [5.74, 6) is -2.88. The van der Waals surface area contributed by atoms with Gasteiger partial charge in [0.15, 0.2) is 17.5 Å². The lowest BCUT2D eigenvalue weighted by molar-refractivity contribution is 0.509. The molecule has 0 unspecified atom stereocenters. The fourth-order valence-electron chi connectivity index (χ4n) is 1.49. The molecule has 2 aromatic rings. The van der Waals surface area contributed by atoms with Gasteiger partial charge in [0.05, 0.1) is 10.7 Å². The molecule has 0 amide bonds. The normalized spacial score (nSPS) is 10.0. The van der Waals surface area contributed by atoms with Crippen molar-refractivity contribution >= 4 is 29.7 Å². The van der Waals surface area contributed by atoms with Crippen molar-refractivity contribution in [2.75, 3.05) is 5.73 Å². The lowest BCUT2D eigenvalue weighted by Crippen LogP contribution is -1.95. The monoisotopic (exact) mass is 293 g/mol. The number of nitrogens with two attached hydrogens (primary N) is 1. The van der Waals surface area contributed by atoms with Crippen molar-refractivity contribution in [1.29, 1.82) is 0 Å². The Morgan fingerprint density at radius 1 is 0.944 bits per heavy atom. The molecule has 0 spiro atoms. The quantitative estimate of drug-likeness (QED) is 0.611. The molecule has 0 saturated carbocycles. The number of hydrogen-bond donors (Lipinski definition) is 1. The standard InChI is InChI=1S/C12H7ClF3N.ClH/c13-8-5-10(15)9(14)4-7(8)6-2-1-3-11(17)12(6)16;/h1-5H,17H2;1H. The van der Waals surface area contributed by atoms with E-state index in [1.807, 2.05) is 0 Å². The molecule has 2 N–H and O–H groups in total. The number of benzene rings is 2. The Balaban J connectivity index is 0.00000162. The first kappa shape index (κ1) is 14.7. The van der Waals surface area contributed by atoms with Crippen molar-refractivity contribution in [3.8, 4) is 11.1 Å². The number of anilines is 1. The molecule has 0 saturated heterocycles. The van der Waals surface area contributed by atoms with Gasteiger partial charge in [0, 0.05) is 11.1 Å². The Morgan fingerprint density at radius 3 is 2.22 bits per heavy atom. The van der Waals surface area contributed by atoms with E-state index in [0.717, 1.165) is 12.1 Å². The summed E-state index contributed by atoms with van der Waals surface area (Å²) in [5.41, 5.74) is 5.41. The van der Waals surface area contributed by atoms with Crippen LogP contribution in [0.25, 0.3) is 11.1 Å². The molecule has 0 bridgehead atoms. The fourth-order valence-corrected chi connectivity index (χ4v) is 1.74. The Kier molecular flexibility index (Phi) is 4.48. The smallest absolute Gasteiger partial charge is 0.160 e. The minimum absolute atomic E-state index is 0. The molecule has 6 heteroatoms. The maximum Gasteiger partial charge on any atom is 0.160 e. The first-order valence-electron chi connectivity index (χ1n) is 4.69. The second-order valence-electron chi connectivity index (χ2n) is 3.45. The highest BCUT2D eigenvalue weighted by Gasteiger charge is 2.14. The van der Waals surface area contributed by atoms with Crippen molar-refractivity contribution in [2.45, 2.75) is 0 Å². The summed E-state index contributed by atoms with van der Waals surface area (Å²) in [5, 5.41) is -0.0756. The Hall–Kier alpha value is -1.39. The van der Waals surface area contributed by atoms with Gasteiger partial charge in [0.1, 0.15) is 0 Å². The molecule has 96 valence electrons. The van der Waals surface area contributed by atoms with Crippen LogP contribution in [0.2, 0.25) is 5.02 Å². The van der Waals surface area contributed by atoms with Gasteiger partial charge in [0.2, 0.25) is 0 Å². The third-order valence-electron chi connectivity index (χ3n) is 2.33. The van der Waals surface area contributed by atoms with Gasteiger partial charge in [-0.1, -0.05) is 23.7 Å². The molecule has 18 heavy (non-hydrogen) atoms. The Labute approximate surface area is 113 Å². The molecule has 0 fully saturated rings. The number of rotatable bonds is 1. The van der Waals surface area contributed by atoms with Crippen LogP contribution in [0, 0.1) is 17.5 Å². The van der Waals surface area contributed by atoms with E-state index in [2.05, 4.69) is 0 Å². The zero-order valence-corrected chi connectivity index (χ0v) is 10.5. The summed E-state index contributed by atoms with van der Waals surface area (Å²) < 4.78 is 39.7. The molecule has 0 aliphatic carbocycles. The van der Waals surface area contributed by atoms with E-state index in [-0.39, 0.29) is 34.2 Å². The highest BCUT2D eigenvalue weighted by molar-refractivity contribution is 6.33. The minimum atomic E-state index is -1.09. The Bertz CT molecular complexity index is 588. The van der Waals surface area contributed by atoms with Crippen molar-refractivity contribution < 1.29 is 13.2 Å². The maximum absolute atomic E-state index is 13.7. The summed E-state index contributed by atoms with van der Waals surface area (Å²) >= 11 is 5.75. The molecule has 0 aliphatic rings.